The van der Waals surface area contributed by atoms with E-state index in [0.717, 1.165) is 39.9 Å². The van der Waals surface area contributed by atoms with Crippen molar-refractivity contribution < 1.29 is 35.5 Å². The number of sulfonamides is 1. The van der Waals surface area contributed by atoms with Gasteiger partial charge >= 0.3 is 6.18 Å². The number of carbonyl (C=O) groups excluding carboxylic acids is 1. The first-order chi connectivity index (χ1) is 17.8. The summed E-state index contributed by atoms with van der Waals surface area (Å²) in [6.45, 7) is 4.90. The Morgan fingerprint density at radius 2 is 1.89 bits per heavy atom. The van der Waals surface area contributed by atoms with E-state index in [1.54, 1.807) is 20.8 Å². The van der Waals surface area contributed by atoms with Crippen LogP contribution in [0.4, 0.5) is 22.7 Å². The Kier molecular flexibility index (Phi) is 7.66. The number of amides is 1. The fourth-order valence-corrected chi connectivity index (χ4v) is 6.94. The number of anilines is 1. The van der Waals surface area contributed by atoms with Crippen molar-refractivity contribution in [2.75, 3.05) is 10.9 Å². The molecule has 0 spiro atoms. The first-order valence-electron chi connectivity index (χ1n) is 11.6. The predicted molar refractivity (Wildman–Crippen MR) is 132 cm³/mol. The molecule has 0 radical (unpaired) electrons. The number of nitrogens with zero attached hydrogens (tertiary/aromatic N) is 3. The molecule has 1 N–H and O–H groups in total. The van der Waals surface area contributed by atoms with Crippen molar-refractivity contribution in [2.45, 2.75) is 56.8 Å². The van der Waals surface area contributed by atoms with Crippen LogP contribution in [0.1, 0.15) is 47.8 Å². The summed E-state index contributed by atoms with van der Waals surface area (Å²) in [4.78, 5) is 12.4. The minimum atomic E-state index is -4.60. The van der Waals surface area contributed by atoms with Crippen LogP contribution in [0, 0.1) is 5.82 Å². The molecule has 8 nitrogen and oxygen atoms in total. The van der Waals surface area contributed by atoms with Gasteiger partial charge in [-0.3, -0.25) is 4.79 Å². The molecule has 1 heterocycles. The Balaban J connectivity index is 1.57. The zero-order valence-corrected chi connectivity index (χ0v) is 22.2. The molecule has 0 saturated carbocycles. The number of hydrogen-bond donors (Lipinski definition) is 1. The van der Waals surface area contributed by atoms with Crippen molar-refractivity contribution >= 4 is 32.4 Å². The van der Waals surface area contributed by atoms with Crippen LogP contribution in [0.3, 0.4) is 0 Å². The number of halogens is 4. The summed E-state index contributed by atoms with van der Waals surface area (Å²) in [5.74, 6) is -1.80. The fraction of sp³-hybridized carbons (Fsp3) is 0.375. The summed E-state index contributed by atoms with van der Waals surface area (Å²) in [7, 11) is -4.32. The van der Waals surface area contributed by atoms with Gasteiger partial charge in [-0.1, -0.05) is 11.3 Å². The van der Waals surface area contributed by atoms with Gasteiger partial charge < -0.3 is 10.1 Å². The predicted octanol–water partition coefficient (Wildman–Crippen LogP) is 4.60. The van der Waals surface area contributed by atoms with Crippen molar-refractivity contribution in [3.63, 3.8) is 0 Å². The second-order valence-corrected chi connectivity index (χ2v) is 11.5. The molecule has 4 rings (SSSR count). The highest BCUT2D eigenvalue weighted by Gasteiger charge is 2.35. The van der Waals surface area contributed by atoms with Gasteiger partial charge in [-0.25, -0.2) is 17.1 Å². The molecule has 1 aliphatic rings. The highest BCUT2D eigenvalue weighted by molar-refractivity contribution is 7.93. The lowest BCUT2D eigenvalue weighted by Gasteiger charge is -2.25. The lowest BCUT2D eigenvalue weighted by molar-refractivity contribution is -0.137. The van der Waals surface area contributed by atoms with Crippen LogP contribution in [0.5, 0.6) is 5.75 Å². The summed E-state index contributed by atoms with van der Waals surface area (Å²) in [5.41, 5.74) is 1.42. The largest absolute Gasteiger partial charge is 0.493 e. The standard InChI is InChI=1S/C24H24F4N4O4S2/c1-4-36-20-11-16(24(26,27)28)5-6-18(20)22(33)30-17-7-14-9-19(25)21(10-15(14)8-17)38(34,35)32(13(2)3)23-31-29-12-37-23/h5-6,9-13,17H,4,7-8H2,1-3H3,(H,30,33). The number of benzene rings is 2. The molecule has 1 unspecified atom stereocenters. The zero-order valence-electron chi connectivity index (χ0n) is 20.5. The van der Waals surface area contributed by atoms with Crippen LogP contribution < -0.4 is 14.4 Å². The van der Waals surface area contributed by atoms with Crippen molar-refractivity contribution in [1.82, 2.24) is 15.5 Å². The SMILES string of the molecule is CCOc1cc(C(F)(F)F)ccc1C(=O)NC1Cc2cc(F)c(S(=O)(=O)N(c3nncs3)C(C)C)cc2C1. The van der Waals surface area contributed by atoms with E-state index >= 15 is 4.39 Å². The van der Waals surface area contributed by atoms with Crippen LogP contribution >= 0.6 is 11.3 Å². The molecule has 2 aromatic carbocycles. The summed E-state index contributed by atoms with van der Waals surface area (Å²) in [6.07, 6.45) is -4.18. The monoisotopic (exact) mass is 572 g/mol. The first kappa shape index (κ1) is 27.8. The molecule has 3 aromatic rings. The lowest BCUT2D eigenvalue weighted by atomic mass is 10.1. The molecule has 1 aliphatic carbocycles. The summed E-state index contributed by atoms with van der Waals surface area (Å²) >= 11 is 1.01. The Morgan fingerprint density at radius 3 is 2.47 bits per heavy atom. The topological polar surface area (TPSA) is 101 Å². The molecule has 0 saturated heterocycles. The van der Waals surface area contributed by atoms with E-state index in [1.165, 1.54) is 11.6 Å². The number of nitrogens with one attached hydrogen (secondary N) is 1. The van der Waals surface area contributed by atoms with Crippen molar-refractivity contribution in [3.05, 3.63) is 63.9 Å². The van der Waals surface area contributed by atoms with Gasteiger partial charge in [0.05, 0.1) is 17.7 Å². The second kappa shape index (κ2) is 10.5. The minimum absolute atomic E-state index is 0.0530. The third kappa shape index (κ3) is 5.46. The molecule has 0 aliphatic heterocycles. The van der Waals surface area contributed by atoms with E-state index < -0.39 is 50.5 Å². The number of rotatable bonds is 8. The van der Waals surface area contributed by atoms with E-state index in [-0.39, 0.29) is 35.9 Å². The third-order valence-corrected chi connectivity index (χ3v) is 8.70. The Labute approximate surface area is 220 Å². The van der Waals surface area contributed by atoms with Crippen molar-refractivity contribution in [3.8, 4) is 5.75 Å². The molecule has 14 heteroatoms. The number of fused-ring (bicyclic) bond motifs is 1. The van der Waals surface area contributed by atoms with Gasteiger partial charge in [0, 0.05) is 12.1 Å². The normalized spacial score (nSPS) is 15.4. The average Bonchev–Trinajstić information content (AvgIpc) is 3.47. The van der Waals surface area contributed by atoms with Crippen molar-refractivity contribution in [1.29, 1.82) is 0 Å². The van der Waals surface area contributed by atoms with Gasteiger partial charge in [-0.15, -0.1) is 10.2 Å². The van der Waals surface area contributed by atoms with Crippen LogP contribution in [0.25, 0.3) is 0 Å². The van der Waals surface area contributed by atoms with E-state index in [2.05, 4.69) is 15.5 Å². The maximum absolute atomic E-state index is 15.1. The van der Waals surface area contributed by atoms with E-state index in [9.17, 15) is 26.4 Å². The first-order valence-corrected chi connectivity index (χ1v) is 13.9. The van der Waals surface area contributed by atoms with E-state index in [1.807, 2.05) is 0 Å². The molecule has 1 aromatic heterocycles. The van der Waals surface area contributed by atoms with Gasteiger partial charge in [-0.2, -0.15) is 13.2 Å². The molecule has 1 amide bonds. The number of alkyl halides is 3. The molecule has 1 atom stereocenters. The third-order valence-electron chi connectivity index (χ3n) is 5.92. The lowest BCUT2D eigenvalue weighted by Crippen LogP contribution is -2.37. The van der Waals surface area contributed by atoms with Gasteiger partial charge in [0.25, 0.3) is 15.9 Å². The van der Waals surface area contributed by atoms with E-state index in [0.29, 0.717) is 11.1 Å². The fourth-order valence-electron chi connectivity index (χ4n) is 4.31. The maximum atomic E-state index is 15.1. The highest BCUT2D eigenvalue weighted by atomic mass is 32.2. The van der Waals surface area contributed by atoms with Gasteiger partial charge in [0.15, 0.2) is 0 Å². The zero-order chi connectivity index (χ0) is 27.8. The second-order valence-electron chi connectivity index (χ2n) is 8.89. The average molecular weight is 573 g/mol. The Bertz CT molecular complexity index is 1440. The van der Waals surface area contributed by atoms with Crippen LogP contribution in [0.2, 0.25) is 0 Å². The van der Waals surface area contributed by atoms with Crippen molar-refractivity contribution in [2.24, 2.45) is 0 Å². The number of aromatic nitrogens is 2. The minimum Gasteiger partial charge on any atom is -0.493 e. The van der Waals surface area contributed by atoms with E-state index in [4.69, 9.17) is 4.74 Å². The molecular formula is C24H24F4N4O4S2. The molecule has 0 bridgehead atoms. The highest BCUT2D eigenvalue weighted by Crippen LogP contribution is 2.35. The Morgan fingerprint density at radius 1 is 1.21 bits per heavy atom. The van der Waals surface area contributed by atoms with Crippen LogP contribution in [-0.4, -0.2) is 43.2 Å². The van der Waals surface area contributed by atoms with Gasteiger partial charge in [0.1, 0.15) is 22.0 Å². The summed E-state index contributed by atoms with van der Waals surface area (Å²) in [6, 6.07) is 3.91. The summed E-state index contributed by atoms with van der Waals surface area (Å²) < 4.78 is 87.5. The number of carbonyl (C=O) groups is 1. The van der Waals surface area contributed by atoms with Gasteiger partial charge in [0.2, 0.25) is 5.13 Å². The number of hydrogen-bond acceptors (Lipinski definition) is 7. The van der Waals surface area contributed by atoms with Crippen LogP contribution in [-0.2, 0) is 29.0 Å². The van der Waals surface area contributed by atoms with Crippen LogP contribution in [0.15, 0.2) is 40.7 Å². The summed E-state index contributed by atoms with van der Waals surface area (Å²) in [5, 5.41) is 10.3. The maximum Gasteiger partial charge on any atom is 0.416 e. The molecule has 0 fully saturated rings. The Hall–Kier alpha value is -3.26. The molecule has 38 heavy (non-hydrogen) atoms. The molecular weight excluding hydrogens is 548 g/mol. The number of ether oxygens (including phenoxy) is 1. The quantitative estimate of drug-likeness (QED) is 0.396. The smallest absolute Gasteiger partial charge is 0.416 e. The van der Waals surface area contributed by atoms with Gasteiger partial charge in [-0.05, 0) is 75.1 Å². The molecule has 204 valence electrons.